The molecule has 2 aromatic heterocycles. The van der Waals surface area contributed by atoms with Crippen molar-refractivity contribution in [1.29, 1.82) is 0 Å². The Morgan fingerprint density at radius 1 is 1.06 bits per heavy atom. The molecule has 1 aliphatic rings. The van der Waals surface area contributed by atoms with Crippen LogP contribution in [0.15, 0.2) is 38.6 Å². The van der Waals surface area contributed by atoms with Crippen LogP contribution in [0.3, 0.4) is 0 Å². The highest BCUT2D eigenvalue weighted by Crippen LogP contribution is 2.36. The molecule has 0 radical (unpaired) electrons. The monoisotopic (exact) mass is 424 g/mol. The first-order valence-corrected chi connectivity index (χ1v) is 10.0. The van der Waals surface area contributed by atoms with Gasteiger partial charge < -0.3 is 9.64 Å². The quantitative estimate of drug-likeness (QED) is 0.613. The highest BCUT2D eigenvalue weighted by molar-refractivity contribution is 6.13. The molecular formula is C22H24N4O5. The van der Waals surface area contributed by atoms with Crippen LogP contribution in [0.2, 0.25) is 0 Å². The van der Waals surface area contributed by atoms with Gasteiger partial charge in [0, 0.05) is 27.2 Å². The van der Waals surface area contributed by atoms with Crippen LogP contribution in [0.25, 0.3) is 11.0 Å². The Morgan fingerprint density at radius 3 is 2.45 bits per heavy atom. The van der Waals surface area contributed by atoms with E-state index in [9.17, 15) is 19.2 Å². The number of carbonyl (C=O) groups excluding carboxylic acids is 1. The van der Waals surface area contributed by atoms with Gasteiger partial charge in [-0.15, -0.1) is 0 Å². The number of aromatic nitrogens is 3. The first-order chi connectivity index (χ1) is 14.6. The van der Waals surface area contributed by atoms with Crippen molar-refractivity contribution in [1.82, 2.24) is 13.7 Å². The zero-order valence-corrected chi connectivity index (χ0v) is 18.1. The first-order valence-electron chi connectivity index (χ1n) is 10.0. The number of anilines is 1. The van der Waals surface area contributed by atoms with Crippen LogP contribution in [0.4, 0.5) is 5.69 Å². The van der Waals surface area contributed by atoms with Crippen molar-refractivity contribution in [3.8, 4) is 5.75 Å². The summed E-state index contributed by atoms with van der Waals surface area (Å²) in [6, 6.07) is 6.73. The van der Waals surface area contributed by atoms with E-state index in [1.54, 1.807) is 4.90 Å². The molecule has 1 amide bonds. The van der Waals surface area contributed by atoms with Crippen LogP contribution in [-0.2, 0) is 21.1 Å². The number of benzene rings is 1. The Balaban J connectivity index is 2.03. The molecule has 1 aliphatic heterocycles. The second-order valence-electron chi connectivity index (χ2n) is 7.89. The van der Waals surface area contributed by atoms with Gasteiger partial charge in [-0.25, -0.2) is 4.79 Å². The molecular weight excluding hydrogens is 400 g/mol. The molecule has 0 fully saturated rings. The van der Waals surface area contributed by atoms with E-state index in [0.717, 1.165) is 10.1 Å². The molecule has 0 aliphatic carbocycles. The lowest BCUT2D eigenvalue weighted by atomic mass is 10.1. The van der Waals surface area contributed by atoms with E-state index in [4.69, 9.17) is 4.74 Å². The molecule has 3 aromatic rings. The Kier molecular flexibility index (Phi) is 4.83. The third-order valence-corrected chi connectivity index (χ3v) is 5.84. The zero-order valence-electron chi connectivity index (χ0n) is 18.1. The maximum Gasteiger partial charge on any atom is 0.332 e. The highest BCUT2D eigenvalue weighted by Gasteiger charge is 2.32. The third-order valence-electron chi connectivity index (χ3n) is 5.84. The van der Waals surface area contributed by atoms with Crippen LogP contribution in [-0.4, -0.2) is 32.3 Å². The lowest BCUT2D eigenvalue weighted by molar-refractivity contribution is 0.0955. The van der Waals surface area contributed by atoms with Crippen molar-refractivity contribution in [3.05, 3.63) is 66.6 Å². The average molecular weight is 424 g/mol. The molecule has 0 unspecified atom stereocenters. The first kappa shape index (κ1) is 20.6. The van der Waals surface area contributed by atoms with Crippen molar-refractivity contribution in [2.75, 3.05) is 11.4 Å². The Bertz CT molecular complexity index is 1410. The van der Waals surface area contributed by atoms with Gasteiger partial charge in [0.1, 0.15) is 17.5 Å². The van der Waals surface area contributed by atoms with E-state index in [0.29, 0.717) is 17.9 Å². The fraction of sp³-hybridized carbons (Fsp3) is 0.364. The van der Waals surface area contributed by atoms with E-state index < -0.39 is 22.7 Å². The summed E-state index contributed by atoms with van der Waals surface area (Å²) in [5.41, 5.74) is -0.0687. The summed E-state index contributed by atoms with van der Waals surface area (Å²) in [6.07, 6.45) is 0.467. The molecule has 9 nitrogen and oxygen atoms in total. The van der Waals surface area contributed by atoms with Gasteiger partial charge in [-0.1, -0.05) is 13.0 Å². The van der Waals surface area contributed by atoms with E-state index in [2.05, 4.69) is 0 Å². The van der Waals surface area contributed by atoms with Gasteiger partial charge in [0.2, 0.25) is 0 Å². The Hall–Kier alpha value is -3.62. The molecule has 31 heavy (non-hydrogen) atoms. The molecule has 0 saturated heterocycles. The minimum Gasteiger partial charge on any atom is -0.486 e. The largest absolute Gasteiger partial charge is 0.486 e. The summed E-state index contributed by atoms with van der Waals surface area (Å²) < 4.78 is 9.35. The Morgan fingerprint density at radius 2 is 1.77 bits per heavy atom. The van der Waals surface area contributed by atoms with Crippen LogP contribution in [0.5, 0.6) is 5.75 Å². The molecule has 9 heteroatoms. The predicted octanol–water partition coefficient (Wildman–Crippen LogP) is 1.06. The van der Waals surface area contributed by atoms with Gasteiger partial charge in [0.05, 0.1) is 23.2 Å². The highest BCUT2D eigenvalue weighted by atomic mass is 16.5. The summed E-state index contributed by atoms with van der Waals surface area (Å²) in [4.78, 5) is 53.4. The number of fused-ring (bicyclic) bond motifs is 2. The number of hydrogen-bond acceptors (Lipinski definition) is 5. The Labute approximate surface area is 177 Å². The number of aryl methyl sites for hydroxylation is 3. The number of nitrogens with zero attached hydrogens (tertiary/aromatic N) is 4. The third kappa shape index (κ3) is 3.08. The summed E-state index contributed by atoms with van der Waals surface area (Å²) in [5.74, 6) is 0.0949. The number of ether oxygens (including phenoxy) is 1. The summed E-state index contributed by atoms with van der Waals surface area (Å²) in [6.45, 7) is 4.16. The van der Waals surface area contributed by atoms with Gasteiger partial charge in [0.25, 0.3) is 17.0 Å². The fourth-order valence-corrected chi connectivity index (χ4v) is 4.03. The number of hydrogen-bond donors (Lipinski definition) is 0. The van der Waals surface area contributed by atoms with Gasteiger partial charge >= 0.3 is 5.69 Å². The van der Waals surface area contributed by atoms with Gasteiger partial charge in [-0.05, 0) is 31.0 Å². The van der Waals surface area contributed by atoms with Crippen molar-refractivity contribution < 1.29 is 9.53 Å². The minimum atomic E-state index is -0.623. The SMILES string of the molecule is CC[C@@H]1CN(C(=O)c2cc(=O)n(C)c3c2c(=O)n(C)c(=O)n3C)c2cc(C)ccc2O1. The van der Waals surface area contributed by atoms with Crippen molar-refractivity contribution in [2.45, 2.75) is 26.4 Å². The second-order valence-corrected chi connectivity index (χ2v) is 7.89. The molecule has 3 heterocycles. The topological polar surface area (TPSA) is 95.5 Å². The molecule has 1 aromatic carbocycles. The minimum absolute atomic E-state index is 0.0292. The summed E-state index contributed by atoms with van der Waals surface area (Å²) in [7, 11) is 4.29. The fourth-order valence-electron chi connectivity index (χ4n) is 4.03. The predicted molar refractivity (Wildman–Crippen MR) is 117 cm³/mol. The van der Waals surface area contributed by atoms with Gasteiger partial charge in [-0.3, -0.25) is 28.1 Å². The van der Waals surface area contributed by atoms with Gasteiger partial charge in [0.15, 0.2) is 0 Å². The summed E-state index contributed by atoms with van der Waals surface area (Å²) in [5, 5.41) is 0.0328. The zero-order chi connectivity index (χ0) is 22.6. The van der Waals surface area contributed by atoms with Crippen LogP contribution in [0.1, 0.15) is 29.3 Å². The molecule has 0 bridgehead atoms. The number of amides is 1. The number of carbonyl (C=O) groups is 1. The normalized spacial score (nSPS) is 15.6. The van der Waals surface area contributed by atoms with E-state index in [-0.39, 0.29) is 29.2 Å². The van der Waals surface area contributed by atoms with Crippen LogP contribution in [0, 0.1) is 6.92 Å². The molecule has 0 saturated carbocycles. The van der Waals surface area contributed by atoms with E-state index in [1.807, 2.05) is 32.0 Å². The smallest absolute Gasteiger partial charge is 0.332 e. The maximum atomic E-state index is 13.8. The van der Waals surface area contributed by atoms with Crippen molar-refractivity contribution in [2.24, 2.45) is 21.1 Å². The van der Waals surface area contributed by atoms with Gasteiger partial charge in [-0.2, -0.15) is 0 Å². The molecule has 0 N–H and O–H groups in total. The maximum absolute atomic E-state index is 13.8. The van der Waals surface area contributed by atoms with E-state index >= 15 is 0 Å². The molecule has 162 valence electrons. The van der Waals surface area contributed by atoms with Crippen LogP contribution < -0.4 is 26.4 Å². The average Bonchev–Trinajstić information content (AvgIpc) is 2.76. The van der Waals surface area contributed by atoms with Crippen LogP contribution >= 0.6 is 0 Å². The standard InChI is InChI=1S/C22H24N4O5/c1-6-13-11-26(15-9-12(2)7-8-16(15)31-13)20(28)14-10-17(27)23(3)19-18(14)21(29)25(5)22(30)24(19)4/h7-10,13H,6,11H2,1-5H3/t13-/m1/s1. The number of pyridine rings is 1. The number of rotatable bonds is 2. The molecule has 4 rings (SSSR count). The lowest BCUT2D eigenvalue weighted by Crippen LogP contribution is -2.45. The van der Waals surface area contributed by atoms with Crippen molar-refractivity contribution in [3.63, 3.8) is 0 Å². The molecule has 1 atom stereocenters. The van der Waals surface area contributed by atoms with E-state index in [1.165, 1.54) is 36.3 Å². The lowest BCUT2D eigenvalue weighted by Gasteiger charge is -2.35. The second kappa shape index (κ2) is 7.26. The summed E-state index contributed by atoms with van der Waals surface area (Å²) >= 11 is 0. The molecule has 0 spiro atoms. The van der Waals surface area contributed by atoms with Crippen molar-refractivity contribution >= 4 is 22.6 Å².